The SMILES string of the molecule is CCCCCN(c1cc(C)ccc1C(N)=NO)C(C)C. The molecule has 0 saturated heterocycles. The molecule has 0 fully saturated rings. The maximum absolute atomic E-state index is 8.96. The van der Waals surface area contributed by atoms with E-state index in [-0.39, 0.29) is 5.84 Å². The minimum Gasteiger partial charge on any atom is -0.409 e. The minimum absolute atomic E-state index is 0.168. The zero-order chi connectivity index (χ0) is 15.1. The highest BCUT2D eigenvalue weighted by molar-refractivity contribution is 6.02. The Labute approximate surface area is 122 Å². The fourth-order valence-corrected chi connectivity index (χ4v) is 2.34. The number of hydrogen-bond acceptors (Lipinski definition) is 3. The van der Waals surface area contributed by atoms with Gasteiger partial charge in [0.2, 0.25) is 0 Å². The molecule has 0 aromatic heterocycles. The predicted molar refractivity (Wildman–Crippen MR) is 85.7 cm³/mol. The molecule has 0 aliphatic heterocycles. The first kappa shape index (κ1) is 16.3. The van der Waals surface area contributed by atoms with E-state index in [4.69, 9.17) is 10.9 Å². The molecule has 0 spiro atoms. The number of oxime groups is 1. The predicted octanol–water partition coefficient (Wildman–Crippen LogP) is 3.49. The average Bonchev–Trinajstić information content (AvgIpc) is 2.42. The maximum atomic E-state index is 8.96. The van der Waals surface area contributed by atoms with E-state index in [9.17, 15) is 0 Å². The van der Waals surface area contributed by atoms with Crippen molar-refractivity contribution in [3.8, 4) is 0 Å². The van der Waals surface area contributed by atoms with Crippen molar-refractivity contribution in [2.75, 3.05) is 11.4 Å². The fraction of sp³-hybridized carbons (Fsp3) is 0.562. The summed E-state index contributed by atoms with van der Waals surface area (Å²) in [6.07, 6.45) is 3.57. The van der Waals surface area contributed by atoms with Crippen LogP contribution < -0.4 is 10.6 Å². The van der Waals surface area contributed by atoms with Crippen LogP contribution in [-0.4, -0.2) is 23.6 Å². The highest BCUT2D eigenvalue weighted by atomic mass is 16.4. The van der Waals surface area contributed by atoms with Crippen LogP contribution in [0.3, 0.4) is 0 Å². The monoisotopic (exact) mass is 277 g/mol. The molecule has 20 heavy (non-hydrogen) atoms. The molecule has 4 heteroatoms. The number of benzene rings is 1. The lowest BCUT2D eigenvalue weighted by Crippen LogP contribution is -2.34. The van der Waals surface area contributed by atoms with Gasteiger partial charge in [-0.25, -0.2) is 0 Å². The molecular weight excluding hydrogens is 250 g/mol. The molecule has 0 bridgehead atoms. The Hall–Kier alpha value is -1.71. The van der Waals surface area contributed by atoms with Gasteiger partial charge in [-0.1, -0.05) is 31.0 Å². The number of unbranched alkanes of at least 4 members (excludes halogenated alkanes) is 2. The lowest BCUT2D eigenvalue weighted by atomic mass is 10.1. The summed E-state index contributed by atoms with van der Waals surface area (Å²) < 4.78 is 0. The topological polar surface area (TPSA) is 61.8 Å². The van der Waals surface area contributed by atoms with E-state index in [1.807, 2.05) is 12.1 Å². The lowest BCUT2D eigenvalue weighted by Gasteiger charge is -2.31. The van der Waals surface area contributed by atoms with Crippen LogP contribution in [0.25, 0.3) is 0 Å². The van der Waals surface area contributed by atoms with Crippen LogP contribution in [0, 0.1) is 6.92 Å². The van der Waals surface area contributed by atoms with Crippen molar-refractivity contribution in [3.05, 3.63) is 29.3 Å². The molecule has 0 aliphatic carbocycles. The number of nitrogens with two attached hydrogens (primary N) is 1. The third kappa shape index (κ3) is 4.15. The molecule has 112 valence electrons. The molecule has 0 unspecified atom stereocenters. The number of nitrogens with zero attached hydrogens (tertiary/aromatic N) is 2. The van der Waals surface area contributed by atoms with Crippen molar-refractivity contribution in [2.24, 2.45) is 10.9 Å². The molecule has 0 radical (unpaired) electrons. The average molecular weight is 277 g/mol. The Morgan fingerprint density at radius 3 is 2.60 bits per heavy atom. The van der Waals surface area contributed by atoms with Gasteiger partial charge in [0.15, 0.2) is 5.84 Å². The number of anilines is 1. The van der Waals surface area contributed by atoms with Crippen molar-refractivity contribution in [3.63, 3.8) is 0 Å². The van der Waals surface area contributed by atoms with Crippen LogP contribution in [0.15, 0.2) is 23.4 Å². The van der Waals surface area contributed by atoms with Crippen LogP contribution in [0.1, 0.15) is 51.2 Å². The largest absolute Gasteiger partial charge is 0.409 e. The Balaban J connectivity index is 3.13. The van der Waals surface area contributed by atoms with E-state index in [1.165, 1.54) is 18.4 Å². The van der Waals surface area contributed by atoms with Crippen LogP contribution in [0.2, 0.25) is 0 Å². The van der Waals surface area contributed by atoms with E-state index < -0.39 is 0 Å². The summed E-state index contributed by atoms with van der Waals surface area (Å²) in [4.78, 5) is 2.33. The van der Waals surface area contributed by atoms with Crippen molar-refractivity contribution in [1.29, 1.82) is 0 Å². The highest BCUT2D eigenvalue weighted by Gasteiger charge is 2.16. The summed E-state index contributed by atoms with van der Waals surface area (Å²) >= 11 is 0. The highest BCUT2D eigenvalue weighted by Crippen LogP contribution is 2.25. The van der Waals surface area contributed by atoms with Gasteiger partial charge in [0.05, 0.1) is 0 Å². The van der Waals surface area contributed by atoms with Crippen molar-refractivity contribution in [2.45, 2.75) is 53.0 Å². The zero-order valence-corrected chi connectivity index (χ0v) is 13.1. The normalized spacial score (nSPS) is 11.9. The van der Waals surface area contributed by atoms with Gasteiger partial charge in [-0.15, -0.1) is 0 Å². The fourth-order valence-electron chi connectivity index (χ4n) is 2.34. The number of amidine groups is 1. The zero-order valence-electron chi connectivity index (χ0n) is 13.1. The summed E-state index contributed by atoms with van der Waals surface area (Å²) in [5.41, 5.74) is 8.83. The van der Waals surface area contributed by atoms with Gasteiger partial charge in [0, 0.05) is 23.8 Å². The smallest absolute Gasteiger partial charge is 0.172 e. The molecule has 4 nitrogen and oxygen atoms in total. The van der Waals surface area contributed by atoms with Crippen LogP contribution in [0.5, 0.6) is 0 Å². The van der Waals surface area contributed by atoms with Crippen molar-refractivity contribution < 1.29 is 5.21 Å². The minimum atomic E-state index is 0.168. The molecule has 0 saturated carbocycles. The molecule has 3 N–H and O–H groups in total. The van der Waals surface area contributed by atoms with Crippen molar-refractivity contribution in [1.82, 2.24) is 0 Å². The van der Waals surface area contributed by atoms with Crippen LogP contribution in [0.4, 0.5) is 5.69 Å². The number of aryl methyl sites for hydroxylation is 1. The second-order valence-corrected chi connectivity index (χ2v) is 5.50. The Kier molecular flexibility index (Phi) is 6.36. The first-order chi connectivity index (χ1) is 9.51. The van der Waals surface area contributed by atoms with Gasteiger partial charge < -0.3 is 15.8 Å². The molecule has 0 heterocycles. The summed E-state index contributed by atoms with van der Waals surface area (Å²) in [6.45, 7) is 9.59. The van der Waals surface area contributed by atoms with E-state index in [0.717, 1.165) is 24.2 Å². The molecule has 1 aromatic rings. The third-order valence-electron chi connectivity index (χ3n) is 3.47. The Morgan fingerprint density at radius 1 is 1.35 bits per heavy atom. The molecular formula is C16H27N3O. The van der Waals surface area contributed by atoms with E-state index >= 15 is 0 Å². The Morgan fingerprint density at radius 2 is 2.05 bits per heavy atom. The molecule has 1 aromatic carbocycles. The third-order valence-corrected chi connectivity index (χ3v) is 3.47. The van der Waals surface area contributed by atoms with E-state index in [2.05, 4.69) is 43.8 Å². The van der Waals surface area contributed by atoms with Gasteiger partial charge in [-0.2, -0.15) is 0 Å². The van der Waals surface area contributed by atoms with E-state index in [0.29, 0.717) is 6.04 Å². The van der Waals surface area contributed by atoms with Crippen molar-refractivity contribution >= 4 is 11.5 Å². The number of hydrogen-bond donors (Lipinski definition) is 2. The maximum Gasteiger partial charge on any atom is 0.172 e. The summed E-state index contributed by atoms with van der Waals surface area (Å²) in [5, 5.41) is 12.1. The standard InChI is InChI=1S/C16H27N3O/c1-5-6-7-10-19(12(2)3)15-11-13(4)8-9-14(15)16(17)18-20/h8-9,11-12,20H,5-7,10H2,1-4H3,(H2,17,18). The van der Waals surface area contributed by atoms with Gasteiger partial charge in [0.1, 0.15) is 0 Å². The van der Waals surface area contributed by atoms with Crippen LogP contribution in [-0.2, 0) is 0 Å². The molecule has 0 atom stereocenters. The van der Waals surface area contributed by atoms with Gasteiger partial charge in [-0.05, 0) is 44.9 Å². The summed E-state index contributed by atoms with van der Waals surface area (Å²) in [5.74, 6) is 0.168. The first-order valence-electron chi connectivity index (χ1n) is 7.36. The Bertz CT molecular complexity index is 455. The first-order valence-corrected chi connectivity index (χ1v) is 7.36. The summed E-state index contributed by atoms with van der Waals surface area (Å²) in [6, 6.07) is 6.40. The second kappa shape index (κ2) is 7.78. The van der Waals surface area contributed by atoms with Crippen LogP contribution >= 0.6 is 0 Å². The second-order valence-electron chi connectivity index (χ2n) is 5.50. The van der Waals surface area contributed by atoms with Gasteiger partial charge in [0.25, 0.3) is 0 Å². The molecule has 0 aliphatic rings. The number of rotatable bonds is 7. The quantitative estimate of drug-likeness (QED) is 0.264. The van der Waals surface area contributed by atoms with Gasteiger partial charge in [-0.3, -0.25) is 0 Å². The molecule has 1 rings (SSSR count). The lowest BCUT2D eigenvalue weighted by molar-refractivity contribution is 0.318. The summed E-state index contributed by atoms with van der Waals surface area (Å²) in [7, 11) is 0. The molecule has 0 amide bonds. The van der Waals surface area contributed by atoms with Gasteiger partial charge >= 0.3 is 0 Å². The van der Waals surface area contributed by atoms with E-state index in [1.54, 1.807) is 0 Å².